The predicted molar refractivity (Wildman–Crippen MR) is 131 cm³/mol. The maximum absolute atomic E-state index is 13.3. The number of amides is 2. The van der Waals surface area contributed by atoms with Crippen molar-refractivity contribution in [3.8, 4) is 0 Å². The minimum atomic E-state index is -0.0907. The third kappa shape index (κ3) is 4.50. The van der Waals surface area contributed by atoms with Gasteiger partial charge in [-0.2, -0.15) is 0 Å². The summed E-state index contributed by atoms with van der Waals surface area (Å²) in [6.45, 7) is 3.96. The number of piperidine rings is 2. The van der Waals surface area contributed by atoms with Crippen molar-refractivity contribution in [2.24, 2.45) is 5.41 Å². The number of likely N-dealkylation sites (tertiary alicyclic amines) is 1. The molecule has 0 saturated carbocycles. The molecule has 2 saturated heterocycles. The Bertz CT molecular complexity index is 1150. The summed E-state index contributed by atoms with van der Waals surface area (Å²) in [4.78, 5) is 32.0. The van der Waals surface area contributed by atoms with Crippen molar-refractivity contribution in [2.45, 2.75) is 32.1 Å². The van der Waals surface area contributed by atoms with Crippen LogP contribution < -0.4 is 10.6 Å². The van der Waals surface area contributed by atoms with Gasteiger partial charge in [-0.25, -0.2) is 4.98 Å². The topological polar surface area (TPSA) is 74.3 Å². The monoisotopic (exact) mass is 460 g/mol. The van der Waals surface area contributed by atoms with Gasteiger partial charge in [0, 0.05) is 48.6 Å². The average molecular weight is 461 g/mol. The molecule has 1 atom stereocenters. The van der Waals surface area contributed by atoms with Crippen LogP contribution in [-0.4, -0.2) is 41.3 Å². The lowest BCUT2D eigenvalue weighted by atomic mass is 9.62. The van der Waals surface area contributed by atoms with Crippen LogP contribution in [0.5, 0.6) is 0 Å². The summed E-state index contributed by atoms with van der Waals surface area (Å²) >= 11 is 1.55. The number of rotatable bonds is 4. The zero-order chi connectivity index (χ0) is 22.8. The van der Waals surface area contributed by atoms with Crippen LogP contribution >= 0.6 is 11.3 Å². The summed E-state index contributed by atoms with van der Waals surface area (Å²) < 4.78 is 0. The molecule has 0 radical (unpaired) electrons. The van der Waals surface area contributed by atoms with Gasteiger partial charge in [0.1, 0.15) is 0 Å². The van der Waals surface area contributed by atoms with Crippen molar-refractivity contribution in [2.75, 3.05) is 25.0 Å². The number of aromatic nitrogens is 1. The van der Waals surface area contributed by atoms with Crippen LogP contribution in [0.15, 0.2) is 60.0 Å². The standard InChI is InChI=1S/C26H28N4O2S/c1-18-17-33-25(28-18)29-21-9-5-8-20(14-21)24(32)30-12-10-26(11-13-30)15-23(31)27-16-22(26)19-6-3-2-4-7-19/h2-9,14,17,22H,10-13,15-16H2,1H3,(H,27,31)(H,28,29)/t22-/m1/s1. The molecule has 2 N–H and O–H groups in total. The van der Waals surface area contributed by atoms with Crippen LogP contribution in [0, 0.1) is 12.3 Å². The Morgan fingerprint density at radius 2 is 1.94 bits per heavy atom. The number of nitrogens with one attached hydrogen (secondary N) is 2. The summed E-state index contributed by atoms with van der Waals surface area (Å²) in [5, 5.41) is 9.16. The Hall–Kier alpha value is -3.19. The summed E-state index contributed by atoms with van der Waals surface area (Å²) in [7, 11) is 0. The molecule has 0 aliphatic carbocycles. The van der Waals surface area contributed by atoms with E-state index < -0.39 is 0 Å². The highest BCUT2D eigenvalue weighted by Crippen LogP contribution is 2.48. The van der Waals surface area contributed by atoms with Gasteiger partial charge in [0.05, 0.1) is 5.69 Å². The van der Waals surface area contributed by atoms with Crippen LogP contribution in [0.1, 0.15) is 46.8 Å². The molecule has 2 fully saturated rings. The van der Waals surface area contributed by atoms with E-state index in [1.165, 1.54) is 5.56 Å². The van der Waals surface area contributed by atoms with Gasteiger partial charge >= 0.3 is 0 Å². The third-order valence-electron chi connectivity index (χ3n) is 6.98. The van der Waals surface area contributed by atoms with Crippen molar-refractivity contribution in [3.63, 3.8) is 0 Å². The first-order valence-corrected chi connectivity index (χ1v) is 12.3. The van der Waals surface area contributed by atoms with Gasteiger partial charge in [-0.05, 0) is 48.9 Å². The molecule has 6 nitrogen and oxygen atoms in total. The van der Waals surface area contributed by atoms with Crippen LogP contribution in [-0.2, 0) is 4.79 Å². The van der Waals surface area contributed by atoms with Crippen LogP contribution in [0.4, 0.5) is 10.8 Å². The molecule has 33 heavy (non-hydrogen) atoms. The van der Waals surface area contributed by atoms with E-state index >= 15 is 0 Å². The zero-order valence-corrected chi connectivity index (χ0v) is 19.5. The van der Waals surface area contributed by atoms with E-state index in [4.69, 9.17) is 0 Å². The molecule has 1 spiro atoms. The normalized spacial score (nSPS) is 19.8. The second kappa shape index (κ2) is 8.98. The minimum absolute atomic E-state index is 0.0420. The van der Waals surface area contributed by atoms with Gasteiger partial charge in [-0.3, -0.25) is 9.59 Å². The number of carbonyl (C=O) groups is 2. The smallest absolute Gasteiger partial charge is 0.253 e. The van der Waals surface area contributed by atoms with Crippen molar-refractivity contribution >= 4 is 34.0 Å². The number of benzene rings is 2. The zero-order valence-electron chi connectivity index (χ0n) is 18.7. The number of hydrogen-bond acceptors (Lipinski definition) is 5. The highest BCUT2D eigenvalue weighted by Gasteiger charge is 2.46. The van der Waals surface area contributed by atoms with E-state index in [9.17, 15) is 9.59 Å². The van der Waals surface area contributed by atoms with Gasteiger partial charge in [0.2, 0.25) is 5.91 Å². The van der Waals surface area contributed by atoms with E-state index in [0.29, 0.717) is 31.6 Å². The molecule has 3 heterocycles. The molecule has 2 aliphatic heterocycles. The predicted octanol–water partition coefficient (Wildman–Crippen LogP) is 4.72. The second-order valence-corrected chi connectivity index (χ2v) is 9.96. The molecule has 2 amide bonds. The maximum Gasteiger partial charge on any atom is 0.253 e. The Kier molecular flexibility index (Phi) is 5.89. The lowest BCUT2D eigenvalue weighted by Gasteiger charge is -2.49. The first kappa shape index (κ1) is 21.6. The third-order valence-corrected chi connectivity index (χ3v) is 7.86. The largest absolute Gasteiger partial charge is 0.355 e. The molecule has 0 unspecified atom stereocenters. The summed E-state index contributed by atoms with van der Waals surface area (Å²) in [6, 6.07) is 18.1. The molecular weight excluding hydrogens is 432 g/mol. The first-order valence-electron chi connectivity index (χ1n) is 11.4. The number of hydrogen-bond donors (Lipinski definition) is 2. The molecule has 2 aliphatic rings. The molecule has 2 aromatic carbocycles. The van der Waals surface area contributed by atoms with E-state index in [0.717, 1.165) is 29.4 Å². The quantitative estimate of drug-likeness (QED) is 0.591. The lowest BCUT2D eigenvalue weighted by molar-refractivity contribution is -0.127. The number of nitrogens with zero attached hydrogens (tertiary/aromatic N) is 2. The maximum atomic E-state index is 13.3. The van der Waals surface area contributed by atoms with E-state index in [1.54, 1.807) is 11.3 Å². The Morgan fingerprint density at radius 3 is 2.67 bits per heavy atom. The number of carbonyl (C=O) groups excluding carboxylic acids is 2. The van der Waals surface area contributed by atoms with Crippen LogP contribution in [0.2, 0.25) is 0 Å². The Labute approximate surface area is 198 Å². The van der Waals surface area contributed by atoms with Gasteiger partial charge in [0.25, 0.3) is 5.91 Å². The Balaban J connectivity index is 1.29. The van der Waals surface area contributed by atoms with Gasteiger partial charge in [-0.1, -0.05) is 36.4 Å². The highest BCUT2D eigenvalue weighted by molar-refractivity contribution is 7.13. The minimum Gasteiger partial charge on any atom is -0.355 e. The van der Waals surface area contributed by atoms with Crippen molar-refractivity contribution in [3.05, 3.63) is 76.8 Å². The second-order valence-electron chi connectivity index (χ2n) is 9.10. The molecule has 5 rings (SSSR count). The van der Waals surface area contributed by atoms with E-state index in [2.05, 4.69) is 39.9 Å². The molecule has 1 aromatic heterocycles. The number of aryl methyl sites for hydroxylation is 1. The molecular formula is C26H28N4O2S. The van der Waals surface area contributed by atoms with Gasteiger partial charge < -0.3 is 15.5 Å². The molecule has 170 valence electrons. The molecule has 7 heteroatoms. The summed E-state index contributed by atoms with van der Waals surface area (Å²) in [6.07, 6.45) is 2.20. The summed E-state index contributed by atoms with van der Waals surface area (Å²) in [5.74, 6) is 0.446. The van der Waals surface area contributed by atoms with E-state index in [-0.39, 0.29) is 23.1 Å². The first-order chi connectivity index (χ1) is 16.0. The fraction of sp³-hybridized carbons (Fsp3) is 0.346. The number of thiazole rings is 1. The number of anilines is 2. The van der Waals surface area contributed by atoms with Crippen molar-refractivity contribution < 1.29 is 9.59 Å². The summed E-state index contributed by atoms with van der Waals surface area (Å²) in [5.41, 5.74) is 3.68. The van der Waals surface area contributed by atoms with Crippen LogP contribution in [0.3, 0.4) is 0 Å². The SMILES string of the molecule is Cc1csc(Nc2cccc(C(=O)N3CCC4(CC3)CC(=O)NC[C@@H]4c3ccccc3)c2)n1. The Morgan fingerprint density at radius 1 is 1.15 bits per heavy atom. The lowest BCUT2D eigenvalue weighted by Crippen LogP contribution is -2.52. The fourth-order valence-electron chi connectivity index (χ4n) is 5.22. The van der Waals surface area contributed by atoms with Crippen molar-refractivity contribution in [1.82, 2.24) is 15.2 Å². The molecule has 3 aromatic rings. The molecule has 0 bridgehead atoms. The fourth-order valence-corrected chi connectivity index (χ4v) is 5.93. The average Bonchev–Trinajstić information content (AvgIpc) is 3.24. The van der Waals surface area contributed by atoms with Gasteiger partial charge in [0.15, 0.2) is 5.13 Å². The van der Waals surface area contributed by atoms with Crippen LogP contribution in [0.25, 0.3) is 0 Å². The highest BCUT2D eigenvalue weighted by atomic mass is 32.1. The van der Waals surface area contributed by atoms with Gasteiger partial charge in [-0.15, -0.1) is 11.3 Å². The van der Waals surface area contributed by atoms with Crippen molar-refractivity contribution in [1.29, 1.82) is 0 Å². The van der Waals surface area contributed by atoms with E-state index in [1.807, 2.05) is 47.5 Å².